The molecular formula is C36H65N5O4. The fraction of sp³-hybridized carbons (Fsp3) is 0.639. The number of rotatable bonds is 15. The molecule has 1 aliphatic rings. The SMILES string of the molecule is CC.CC/C=C(C)/C(=C\C=C(C)\C(NNC)=C(\CCC)CNc1cncc(OC(C)C)n1)OC.COC.O=CC1CCCCC1. The fourth-order valence-corrected chi connectivity index (χ4v) is 4.44. The highest BCUT2D eigenvalue weighted by molar-refractivity contribution is 5.53. The minimum Gasteiger partial charge on any atom is -0.497 e. The number of nitrogens with zero attached hydrogens (tertiary/aromatic N) is 2. The molecule has 0 bridgehead atoms. The largest absolute Gasteiger partial charge is 0.497 e. The van der Waals surface area contributed by atoms with E-state index in [4.69, 9.17) is 9.47 Å². The lowest BCUT2D eigenvalue weighted by molar-refractivity contribution is -0.111. The summed E-state index contributed by atoms with van der Waals surface area (Å²) in [7, 11) is 6.82. The molecule has 1 saturated carbocycles. The van der Waals surface area contributed by atoms with Crippen molar-refractivity contribution in [3.05, 3.63) is 58.8 Å². The van der Waals surface area contributed by atoms with Gasteiger partial charge >= 0.3 is 0 Å². The highest BCUT2D eigenvalue weighted by atomic mass is 16.5. The number of aromatic nitrogens is 2. The number of aldehydes is 1. The third-order valence-corrected chi connectivity index (χ3v) is 6.45. The summed E-state index contributed by atoms with van der Waals surface area (Å²) in [5.74, 6) is 2.47. The van der Waals surface area contributed by atoms with Crippen LogP contribution < -0.4 is 20.9 Å². The molecule has 0 saturated heterocycles. The predicted molar refractivity (Wildman–Crippen MR) is 190 cm³/mol. The normalized spacial score (nSPS) is 14.4. The van der Waals surface area contributed by atoms with E-state index in [0.29, 0.717) is 24.2 Å². The molecule has 1 aromatic heterocycles. The van der Waals surface area contributed by atoms with Gasteiger partial charge in [0.25, 0.3) is 0 Å². The van der Waals surface area contributed by atoms with Crippen molar-refractivity contribution in [3.63, 3.8) is 0 Å². The fourth-order valence-electron chi connectivity index (χ4n) is 4.44. The van der Waals surface area contributed by atoms with Crippen molar-refractivity contribution in [1.29, 1.82) is 0 Å². The summed E-state index contributed by atoms with van der Waals surface area (Å²) in [5, 5.41) is 3.39. The van der Waals surface area contributed by atoms with Gasteiger partial charge < -0.3 is 29.7 Å². The summed E-state index contributed by atoms with van der Waals surface area (Å²) in [6, 6.07) is 0. The molecular weight excluding hydrogens is 566 g/mol. The van der Waals surface area contributed by atoms with E-state index in [2.05, 4.69) is 70.7 Å². The lowest BCUT2D eigenvalue weighted by Crippen LogP contribution is -2.29. The maximum atomic E-state index is 10.2. The molecule has 0 unspecified atom stereocenters. The molecule has 0 aromatic carbocycles. The van der Waals surface area contributed by atoms with Gasteiger partial charge in [-0.05, 0) is 76.2 Å². The molecule has 0 amide bonds. The Hall–Kier alpha value is -3.17. The number of nitrogens with one attached hydrogen (secondary N) is 3. The lowest BCUT2D eigenvalue weighted by atomic mass is 9.91. The Morgan fingerprint density at radius 3 is 2.16 bits per heavy atom. The number of hydrogen-bond acceptors (Lipinski definition) is 9. The Morgan fingerprint density at radius 1 is 1.02 bits per heavy atom. The Morgan fingerprint density at radius 2 is 1.67 bits per heavy atom. The number of anilines is 1. The molecule has 1 fully saturated rings. The van der Waals surface area contributed by atoms with Crippen LogP contribution in [-0.2, 0) is 14.3 Å². The number of carbonyl (C=O) groups excluding carboxylic acids is 1. The maximum Gasteiger partial charge on any atom is 0.234 e. The van der Waals surface area contributed by atoms with E-state index >= 15 is 0 Å². The monoisotopic (exact) mass is 632 g/mol. The quantitative estimate of drug-likeness (QED) is 0.0762. The van der Waals surface area contributed by atoms with Crippen LogP contribution in [0.4, 0.5) is 5.82 Å². The standard InChI is InChI=1S/C25H41N5O2.C7H12O.C2H6O.C2H6/c1-9-11-19(5)22(31-8)14-13-20(6)25(30-26-7)21(12-10-2)15-28-23-16-27-17-24(29-23)32-18(3)4;8-6-7-4-2-1-3-5-7;1-3-2;1-2/h11,13-14,16-18,26,30H,9-10,12,15H2,1-8H3,(H,28,29);6-7H,1-5H2;1-2H3;1-2H3/b19-11+,20-13+,22-14+,25-21+;;;. The molecule has 1 aromatic rings. The number of methoxy groups -OCH3 is 2. The van der Waals surface area contributed by atoms with Crippen LogP contribution in [-0.4, -0.2) is 57.3 Å². The van der Waals surface area contributed by atoms with Gasteiger partial charge in [0.2, 0.25) is 5.88 Å². The van der Waals surface area contributed by atoms with Gasteiger partial charge in [0.05, 0.1) is 31.3 Å². The van der Waals surface area contributed by atoms with Gasteiger partial charge in [-0.25, -0.2) is 5.43 Å². The third-order valence-electron chi connectivity index (χ3n) is 6.45. The van der Waals surface area contributed by atoms with Crippen molar-refractivity contribution in [2.45, 2.75) is 113 Å². The van der Waals surface area contributed by atoms with Gasteiger partial charge in [0.15, 0.2) is 0 Å². The van der Waals surface area contributed by atoms with E-state index in [-0.39, 0.29) is 6.10 Å². The number of allylic oxidation sites excluding steroid dienone is 5. The molecule has 3 N–H and O–H groups in total. The van der Waals surface area contributed by atoms with Crippen LogP contribution in [0.2, 0.25) is 0 Å². The summed E-state index contributed by atoms with van der Waals surface area (Å²) >= 11 is 0. The second-order valence-electron chi connectivity index (χ2n) is 10.7. The smallest absolute Gasteiger partial charge is 0.234 e. The number of ether oxygens (including phenoxy) is 3. The molecule has 1 heterocycles. The van der Waals surface area contributed by atoms with E-state index in [1.807, 2.05) is 40.8 Å². The first-order valence-electron chi connectivity index (χ1n) is 16.5. The summed E-state index contributed by atoms with van der Waals surface area (Å²) < 4.78 is 15.5. The van der Waals surface area contributed by atoms with E-state index < -0.39 is 0 Å². The van der Waals surface area contributed by atoms with Gasteiger partial charge in [-0.1, -0.05) is 65.5 Å². The third kappa shape index (κ3) is 21.2. The summed E-state index contributed by atoms with van der Waals surface area (Å²) in [6.45, 7) is 17.0. The van der Waals surface area contributed by atoms with E-state index in [1.54, 1.807) is 33.7 Å². The van der Waals surface area contributed by atoms with Gasteiger partial charge in [-0.3, -0.25) is 4.98 Å². The molecule has 1 aliphatic carbocycles. The Bertz CT molecular complexity index is 1010. The average Bonchev–Trinajstić information content (AvgIpc) is 3.04. The Balaban J connectivity index is 0. The minimum absolute atomic E-state index is 0.0511. The van der Waals surface area contributed by atoms with Gasteiger partial charge in [-0.15, -0.1) is 0 Å². The average molecular weight is 632 g/mol. The lowest BCUT2D eigenvalue weighted by Gasteiger charge is -2.18. The topological polar surface area (TPSA) is 107 Å². The zero-order valence-corrected chi connectivity index (χ0v) is 30.5. The zero-order valence-electron chi connectivity index (χ0n) is 30.5. The molecule has 45 heavy (non-hydrogen) atoms. The van der Waals surface area contributed by atoms with Crippen molar-refractivity contribution < 1.29 is 19.0 Å². The minimum atomic E-state index is 0.0511. The van der Waals surface area contributed by atoms with Crippen LogP contribution in [0.1, 0.15) is 107 Å². The molecule has 2 rings (SSSR count). The first-order chi connectivity index (χ1) is 21.7. The second kappa shape index (κ2) is 29.5. The Kier molecular flexibility index (Phi) is 28.9. The van der Waals surface area contributed by atoms with Crippen molar-refractivity contribution in [1.82, 2.24) is 20.8 Å². The van der Waals surface area contributed by atoms with Crippen LogP contribution in [0.3, 0.4) is 0 Å². The first-order valence-corrected chi connectivity index (χ1v) is 16.5. The van der Waals surface area contributed by atoms with Crippen molar-refractivity contribution in [2.75, 3.05) is 40.2 Å². The van der Waals surface area contributed by atoms with Crippen LogP contribution in [0.15, 0.2) is 58.8 Å². The summed E-state index contributed by atoms with van der Waals surface area (Å²) in [5.41, 5.74) is 10.9. The molecule has 0 radical (unpaired) electrons. The zero-order chi connectivity index (χ0) is 34.5. The Labute approximate surface area is 275 Å². The summed E-state index contributed by atoms with van der Waals surface area (Å²) in [4.78, 5) is 18.9. The predicted octanol–water partition coefficient (Wildman–Crippen LogP) is 8.34. The number of carbonyl (C=O) groups is 1. The van der Waals surface area contributed by atoms with Crippen molar-refractivity contribution in [2.24, 2.45) is 5.92 Å². The summed E-state index contributed by atoms with van der Waals surface area (Å²) in [6.07, 6.45) is 19.9. The number of hydrogen-bond donors (Lipinski definition) is 3. The first kappa shape index (κ1) is 44.0. The van der Waals surface area contributed by atoms with Gasteiger partial charge in [-0.2, -0.15) is 4.98 Å². The van der Waals surface area contributed by atoms with E-state index in [0.717, 1.165) is 61.0 Å². The molecule has 9 heteroatoms. The van der Waals surface area contributed by atoms with Gasteiger partial charge in [0, 0.05) is 33.7 Å². The highest BCUT2D eigenvalue weighted by Crippen LogP contribution is 2.21. The van der Waals surface area contributed by atoms with E-state index in [9.17, 15) is 4.79 Å². The molecule has 0 spiro atoms. The van der Waals surface area contributed by atoms with Crippen molar-refractivity contribution in [3.8, 4) is 5.88 Å². The van der Waals surface area contributed by atoms with Gasteiger partial charge in [0.1, 0.15) is 17.9 Å². The molecule has 9 nitrogen and oxygen atoms in total. The highest BCUT2D eigenvalue weighted by Gasteiger charge is 2.11. The van der Waals surface area contributed by atoms with Crippen LogP contribution in [0.25, 0.3) is 0 Å². The maximum absolute atomic E-state index is 10.2. The molecule has 0 atom stereocenters. The van der Waals surface area contributed by atoms with Crippen LogP contribution in [0.5, 0.6) is 5.88 Å². The molecule has 258 valence electrons. The second-order valence-corrected chi connectivity index (χ2v) is 10.7. The number of hydrazine groups is 1. The van der Waals surface area contributed by atoms with E-state index in [1.165, 1.54) is 24.8 Å². The molecule has 0 aliphatic heterocycles. The van der Waals surface area contributed by atoms with Crippen LogP contribution in [0, 0.1) is 5.92 Å². The van der Waals surface area contributed by atoms with Crippen molar-refractivity contribution >= 4 is 12.1 Å². The van der Waals surface area contributed by atoms with Crippen LogP contribution >= 0.6 is 0 Å².